The molecule has 1 N–H and O–H groups in total. The number of hydrogen-bond acceptors (Lipinski definition) is 4. The molecule has 0 atom stereocenters. The molecule has 0 radical (unpaired) electrons. The Kier molecular flexibility index (Phi) is 5.16. The molecule has 5 nitrogen and oxygen atoms in total. The summed E-state index contributed by atoms with van der Waals surface area (Å²) in [4.78, 5) is 23.8. The number of benzene rings is 2. The van der Waals surface area contributed by atoms with Gasteiger partial charge in [0, 0.05) is 46.8 Å². The van der Waals surface area contributed by atoms with Gasteiger partial charge in [-0.15, -0.1) is 0 Å². The van der Waals surface area contributed by atoms with Crippen molar-refractivity contribution in [2.75, 3.05) is 23.3 Å². The molecule has 4 rings (SSSR count). The van der Waals surface area contributed by atoms with Crippen LogP contribution in [0.1, 0.15) is 23.2 Å². The lowest BCUT2D eigenvalue weighted by atomic mass is 10.1. The first-order valence-corrected chi connectivity index (χ1v) is 9.73. The third kappa shape index (κ3) is 4.17. The predicted octanol–water partition coefficient (Wildman–Crippen LogP) is 4.76. The van der Waals surface area contributed by atoms with Gasteiger partial charge in [-0.05, 0) is 48.7 Å². The van der Waals surface area contributed by atoms with Crippen LogP contribution in [0.5, 0.6) is 0 Å². The van der Waals surface area contributed by atoms with Gasteiger partial charge in [-0.25, -0.2) is 9.97 Å². The topological polar surface area (TPSA) is 58.1 Å². The van der Waals surface area contributed by atoms with Crippen molar-refractivity contribution in [3.05, 3.63) is 71.0 Å². The van der Waals surface area contributed by atoms with Gasteiger partial charge in [-0.3, -0.25) is 4.79 Å². The van der Waals surface area contributed by atoms with Gasteiger partial charge in [0.25, 0.3) is 5.91 Å². The lowest BCUT2D eigenvalue weighted by Gasteiger charge is -2.14. The summed E-state index contributed by atoms with van der Waals surface area (Å²) in [6, 6.07) is 15.0. The molecule has 2 aromatic carbocycles. The Morgan fingerprint density at radius 2 is 1.70 bits per heavy atom. The molecule has 0 aliphatic carbocycles. The fraction of sp³-hybridized carbons (Fsp3) is 0.190. The predicted molar refractivity (Wildman–Crippen MR) is 111 cm³/mol. The Balaban J connectivity index is 1.52. The average molecular weight is 423 g/mol. The minimum absolute atomic E-state index is 0.149. The third-order valence-electron chi connectivity index (χ3n) is 4.57. The minimum atomic E-state index is -0.149. The standard InChI is InChI=1S/C21H19BrN4O/c22-18-7-4-8-19(12-18)25-20(27)16-6-3-5-15(11-16)17-13-23-21(24-14-17)26-9-1-2-10-26/h3-8,11-14H,1-2,9-10H2,(H,25,27). The summed E-state index contributed by atoms with van der Waals surface area (Å²) in [7, 11) is 0. The smallest absolute Gasteiger partial charge is 0.255 e. The maximum atomic E-state index is 12.6. The van der Waals surface area contributed by atoms with E-state index in [0.29, 0.717) is 5.56 Å². The van der Waals surface area contributed by atoms with Crippen molar-refractivity contribution in [1.82, 2.24) is 9.97 Å². The van der Waals surface area contributed by atoms with Gasteiger partial charge in [0.1, 0.15) is 0 Å². The molecule has 1 aliphatic heterocycles. The van der Waals surface area contributed by atoms with Crippen molar-refractivity contribution >= 4 is 33.5 Å². The average Bonchev–Trinajstić information content (AvgIpc) is 3.23. The van der Waals surface area contributed by atoms with E-state index < -0.39 is 0 Å². The van der Waals surface area contributed by atoms with Gasteiger partial charge in [0.15, 0.2) is 0 Å². The molecule has 0 bridgehead atoms. The van der Waals surface area contributed by atoms with Crippen LogP contribution in [0, 0.1) is 0 Å². The Hall–Kier alpha value is -2.73. The van der Waals surface area contributed by atoms with Gasteiger partial charge in [-0.2, -0.15) is 0 Å². The van der Waals surface area contributed by atoms with Crippen LogP contribution >= 0.6 is 15.9 Å². The highest BCUT2D eigenvalue weighted by molar-refractivity contribution is 9.10. The number of halogens is 1. The van der Waals surface area contributed by atoms with E-state index in [2.05, 4.69) is 36.1 Å². The molecule has 6 heteroatoms. The Morgan fingerprint density at radius 3 is 2.44 bits per heavy atom. The third-order valence-corrected chi connectivity index (χ3v) is 5.06. The SMILES string of the molecule is O=C(Nc1cccc(Br)c1)c1cccc(-c2cnc(N3CCCC3)nc2)c1. The molecule has 0 spiro atoms. The van der Waals surface area contributed by atoms with Crippen LogP contribution in [-0.4, -0.2) is 29.0 Å². The van der Waals surface area contributed by atoms with Crippen LogP contribution in [0.2, 0.25) is 0 Å². The molecule has 1 saturated heterocycles. The maximum Gasteiger partial charge on any atom is 0.255 e. The molecule has 136 valence electrons. The zero-order chi connectivity index (χ0) is 18.6. The number of rotatable bonds is 4. The van der Waals surface area contributed by atoms with Crippen molar-refractivity contribution in [3.63, 3.8) is 0 Å². The van der Waals surface area contributed by atoms with Crippen LogP contribution < -0.4 is 10.2 Å². The van der Waals surface area contributed by atoms with Crippen LogP contribution in [0.4, 0.5) is 11.6 Å². The van der Waals surface area contributed by atoms with Crippen LogP contribution in [-0.2, 0) is 0 Å². The van der Waals surface area contributed by atoms with Gasteiger partial charge in [-0.1, -0.05) is 34.1 Å². The van der Waals surface area contributed by atoms with E-state index in [1.54, 1.807) is 6.07 Å². The molecule has 0 unspecified atom stereocenters. The molecule has 2 heterocycles. The summed E-state index contributed by atoms with van der Waals surface area (Å²) in [5.41, 5.74) is 3.16. The number of carbonyl (C=O) groups is 1. The number of nitrogens with zero attached hydrogens (tertiary/aromatic N) is 3. The van der Waals surface area contributed by atoms with E-state index in [9.17, 15) is 4.79 Å². The summed E-state index contributed by atoms with van der Waals surface area (Å²) in [6.45, 7) is 2.04. The Bertz CT molecular complexity index is 952. The second kappa shape index (κ2) is 7.88. The Labute approximate surface area is 166 Å². The summed E-state index contributed by atoms with van der Waals surface area (Å²) in [6.07, 6.45) is 6.04. The van der Waals surface area contributed by atoms with Crippen molar-refractivity contribution < 1.29 is 4.79 Å². The zero-order valence-corrected chi connectivity index (χ0v) is 16.3. The maximum absolute atomic E-state index is 12.6. The highest BCUT2D eigenvalue weighted by Crippen LogP contribution is 2.23. The molecule has 3 aromatic rings. The van der Waals surface area contributed by atoms with Crippen LogP contribution in [0.25, 0.3) is 11.1 Å². The van der Waals surface area contributed by atoms with E-state index in [1.165, 1.54) is 12.8 Å². The first-order chi connectivity index (χ1) is 13.2. The van der Waals surface area contributed by atoms with Gasteiger partial charge < -0.3 is 10.2 Å². The molecule has 1 aromatic heterocycles. The number of carbonyl (C=O) groups excluding carboxylic acids is 1. The lowest BCUT2D eigenvalue weighted by Crippen LogP contribution is -2.20. The summed E-state index contributed by atoms with van der Waals surface area (Å²) in [5.74, 6) is 0.629. The van der Waals surface area contributed by atoms with Gasteiger partial charge >= 0.3 is 0 Å². The number of anilines is 2. The van der Waals surface area contributed by atoms with E-state index in [1.807, 2.05) is 54.9 Å². The summed E-state index contributed by atoms with van der Waals surface area (Å²) < 4.78 is 0.921. The fourth-order valence-electron chi connectivity index (χ4n) is 3.16. The van der Waals surface area contributed by atoms with Crippen molar-refractivity contribution in [1.29, 1.82) is 0 Å². The molecule has 1 amide bonds. The second-order valence-corrected chi connectivity index (χ2v) is 7.43. The fourth-order valence-corrected chi connectivity index (χ4v) is 3.56. The summed E-state index contributed by atoms with van der Waals surface area (Å²) >= 11 is 3.41. The normalized spacial score (nSPS) is 13.6. The van der Waals surface area contributed by atoms with Crippen molar-refractivity contribution in [2.24, 2.45) is 0 Å². The molecule has 1 aliphatic rings. The highest BCUT2D eigenvalue weighted by atomic mass is 79.9. The quantitative estimate of drug-likeness (QED) is 0.658. The number of nitrogens with one attached hydrogen (secondary N) is 1. The molecule has 27 heavy (non-hydrogen) atoms. The second-order valence-electron chi connectivity index (χ2n) is 6.51. The molecular weight excluding hydrogens is 404 g/mol. The van der Waals surface area contributed by atoms with E-state index >= 15 is 0 Å². The first-order valence-electron chi connectivity index (χ1n) is 8.93. The van der Waals surface area contributed by atoms with E-state index in [-0.39, 0.29) is 5.91 Å². The first kappa shape index (κ1) is 17.7. The monoisotopic (exact) mass is 422 g/mol. The zero-order valence-electron chi connectivity index (χ0n) is 14.7. The lowest BCUT2D eigenvalue weighted by molar-refractivity contribution is 0.102. The van der Waals surface area contributed by atoms with E-state index in [0.717, 1.165) is 40.3 Å². The Morgan fingerprint density at radius 1 is 0.963 bits per heavy atom. The largest absolute Gasteiger partial charge is 0.341 e. The molecule has 1 fully saturated rings. The van der Waals surface area contributed by atoms with Crippen LogP contribution in [0.15, 0.2) is 65.4 Å². The van der Waals surface area contributed by atoms with Gasteiger partial charge in [0.2, 0.25) is 5.95 Å². The number of hydrogen-bond donors (Lipinski definition) is 1. The minimum Gasteiger partial charge on any atom is -0.341 e. The number of aromatic nitrogens is 2. The van der Waals surface area contributed by atoms with Crippen molar-refractivity contribution in [2.45, 2.75) is 12.8 Å². The van der Waals surface area contributed by atoms with Crippen molar-refractivity contribution in [3.8, 4) is 11.1 Å². The molecule has 0 saturated carbocycles. The molecular formula is C21H19BrN4O. The number of amides is 1. The van der Waals surface area contributed by atoms with Gasteiger partial charge in [0.05, 0.1) is 0 Å². The van der Waals surface area contributed by atoms with Crippen LogP contribution in [0.3, 0.4) is 0 Å². The highest BCUT2D eigenvalue weighted by Gasteiger charge is 2.15. The summed E-state index contributed by atoms with van der Waals surface area (Å²) in [5, 5.41) is 2.92. The van der Waals surface area contributed by atoms with E-state index in [4.69, 9.17) is 0 Å².